The highest BCUT2D eigenvalue weighted by molar-refractivity contribution is 5.07. The fourth-order valence-corrected chi connectivity index (χ4v) is 5.03. The molecule has 0 unspecified atom stereocenters. The second-order valence-corrected chi connectivity index (χ2v) is 7.26. The van der Waals surface area contributed by atoms with E-state index in [4.69, 9.17) is 19.2 Å². The van der Waals surface area contributed by atoms with E-state index in [2.05, 4.69) is 6.92 Å². The lowest BCUT2D eigenvalue weighted by atomic mass is 9.61. The van der Waals surface area contributed by atoms with Crippen LogP contribution in [0.5, 0.6) is 0 Å². The molecular formula is C16H26O4. The van der Waals surface area contributed by atoms with Crippen molar-refractivity contribution in [3.05, 3.63) is 0 Å². The van der Waals surface area contributed by atoms with E-state index in [-0.39, 0.29) is 11.9 Å². The van der Waals surface area contributed by atoms with Crippen molar-refractivity contribution >= 4 is 0 Å². The molecule has 114 valence electrons. The molecule has 5 aliphatic rings. The van der Waals surface area contributed by atoms with E-state index in [1.165, 1.54) is 32.1 Å². The summed E-state index contributed by atoms with van der Waals surface area (Å²) < 4.78 is 12.3. The molecule has 0 radical (unpaired) electrons. The normalized spacial score (nSPS) is 54.3. The van der Waals surface area contributed by atoms with Gasteiger partial charge in [-0.2, -0.15) is 0 Å². The summed E-state index contributed by atoms with van der Waals surface area (Å²) in [5.41, 5.74) is -0.341. The van der Waals surface area contributed by atoms with E-state index in [0.29, 0.717) is 17.8 Å². The Bertz CT molecular complexity index is 387. The predicted molar refractivity (Wildman–Crippen MR) is 72.6 cm³/mol. The maximum absolute atomic E-state index is 6.19. The van der Waals surface area contributed by atoms with Crippen LogP contribution in [0.15, 0.2) is 0 Å². The molecule has 0 amide bonds. The number of rotatable bonds is 2. The van der Waals surface area contributed by atoms with E-state index in [1.807, 2.05) is 6.92 Å². The van der Waals surface area contributed by atoms with E-state index in [0.717, 1.165) is 19.4 Å². The quantitative estimate of drug-likeness (QED) is 0.727. The highest BCUT2D eigenvalue weighted by Gasteiger charge is 2.66. The highest BCUT2D eigenvalue weighted by atomic mass is 17.3. The van der Waals surface area contributed by atoms with Crippen LogP contribution in [0.4, 0.5) is 0 Å². The molecule has 0 N–H and O–H groups in total. The minimum absolute atomic E-state index is 0.229. The van der Waals surface area contributed by atoms with E-state index in [9.17, 15) is 0 Å². The second kappa shape index (κ2) is 4.67. The van der Waals surface area contributed by atoms with Crippen LogP contribution in [0.3, 0.4) is 0 Å². The highest BCUT2D eigenvalue weighted by Crippen LogP contribution is 2.58. The Hall–Kier alpha value is -0.160. The SMILES string of the molecule is CCC[C@H]1CO[C@@H]2O[C@]3(C)CC[C@H]4CCC[C@@H]1[C@]42OO3. The van der Waals surface area contributed by atoms with Crippen molar-refractivity contribution in [3.8, 4) is 0 Å². The molecule has 4 heteroatoms. The Labute approximate surface area is 121 Å². The molecule has 4 saturated heterocycles. The van der Waals surface area contributed by atoms with E-state index >= 15 is 0 Å². The fourth-order valence-electron chi connectivity index (χ4n) is 5.03. The minimum atomic E-state index is -0.616. The number of hydrogen-bond acceptors (Lipinski definition) is 4. The molecule has 5 rings (SSSR count). The zero-order valence-corrected chi connectivity index (χ0v) is 12.6. The standard InChI is InChI=1S/C16H26O4/c1-3-5-11-10-17-14-16-12(6-4-7-13(11)16)8-9-15(2,18-14)19-20-16/h11-14H,3-10H2,1-2H3/t11-,12+,13-,14+,15-,16+/m0/s1. The zero-order chi connectivity index (χ0) is 13.8. The van der Waals surface area contributed by atoms with Gasteiger partial charge in [0.1, 0.15) is 0 Å². The summed E-state index contributed by atoms with van der Waals surface area (Å²) in [7, 11) is 0. The first-order valence-electron chi connectivity index (χ1n) is 8.34. The minimum Gasteiger partial charge on any atom is -0.349 e. The zero-order valence-electron chi connectivity index (χ0n) is 12.6. The van der Waals surface area contributed by atoms with E-state index < -0.39 is 5.79 Å². The molecule has 4 heterocycles. The van der Waals surface area contributed by atoms with Gasteiger partial charge in [-0.25, -0.2) is 9.78 Å². The molecule has 1 saturated carbocycles. The van der Waals surface area contributed by atoms with Gasteiger partial charge in [-0.1, -0.05) is 19.8 Å². The molecule has 0 aromatic heterocycles. The van der Waals surface area contributed by atoms with Crippen LogP contribution in [0.25, 0.3) is 0 Å². The van der Waals surface area contributed by atoms with Gasteiger partial charge in [0, 0.05) is 12.3 Å². The first-order valence-corrected chi connectivity index (χ1v) is 8.34. The molecule has 1 spiro atoms. The van der Waals surface area contributed by atoms with Crippen LogP contribution in [-0.2, 0) is 19.2 Å². The largest absolute Gasteiger partial charge is 0.349 e. The second-order valence-electron chi connectivity index (χ2n) is 7.26. The summed E-state index contributed by atoms with van der Waals surface area (Å²) in [6, 6.07) is 0. The van der Waals surface area contributed by atoms with Crippen molar-refractivity contribution in [1.29, 1.82) is 0 Å². The van der Waals surface area contributed by atoms with Gasteiger partial charge in [0.05, 0.1) is 6.61 Å². The molecule has 0 aromatic carbocycles. The molecule has 2 bridgehead atoms. The van der Waals surface area contributed by atoms with Gasteiger partial charge in [0.2, 0.25) is 5.79 Å². The molecule has 6 atom stereocenters. The van der Waals surface area contributed by atoms with Crippen LogP contribution in [-0.4, -0.2) is 24.3 Å². The lowest BCUT2D eigenvalue weighted by Crippen LogP contribution is -2.67. The van der Waals surface area contributed by atoms with Crippen LogP contribution in [0, 0.1) is 17.8 Å². The summed E-state index contributed by atoms with van der Waals surface area (Å²) in [5, 5.41) is 0. The van der Waals surface area contributed by atoms with Crippen molar-refractivity contribution in [3.63, 3.8) is 0 Å². The number of fused-ring (bicyclic) bond motifs is 2. The van der Waals surface area contributed by atoms with Crippen LogP contribution in [0.2, 0.25) is 0 Å². The van der Waals surface area contributed by atoms with Crippen molar-refractivity contribution in [1.82, 2.24) is 0 Å². The topological polar surface area (TPSA) is 36.9 Å². The van der Waals surface area contributed by atoms with Gasteiger partial charge < -0.3 is 9.47 Å². The monoisotopic (exact) mass is 282 g/mol. The molecule has 0 aromatic rings. The Kier molecular flexibility index (Phi) is 3.15. The lowest BCUT2D eigenvalue weighted by Gasteiger charge is -2.58. The first kappa shape index (κ1) is 13.5. The Balaban J connectivity index is 1.72. The summed E-state index contributed by atoms with van der Waals surface area (Å²) in [6.45, 7) is 5.05. The molecule has 20 heavy (non-hydrogen) atoms. The lowest BCUT2D eigenvalue weighted by molar-refractivity contribution is -0.566. The summed E-state index contributed by atoms with van der Waals surface area (Å²) in [6.07, 6.45) is 7.98. The summed E-state index contributed by atoms with van der Waals surface area (Å²) >= 11 is 0. The van der Waals surface area contributed by atoms with Gasteiger partial charge in [0.25, 0.3) is 0 Å². The van der Waals surface area contributed by atoms with Gasteiger partial charge in [-0.15, -0.1) is 0 Å². The summed E-state index contributed by atoms with van der Waals surface area (Å²) in [4.78, 5) is 11.8. The number of hydrogen-bond donors (Lipinski definition) is 0. The van der Waals surface area contributed by atoms with Crippen LogP contribution >= 0.6 is 0 Å². The molecular weight excluding hydrogens is 256 g/mol. The van der Waals surface area contributed by atoms with Gasteiger partial charge in [-0.05, 0) is 44.4 Å². The first-order chi connectivity index (χ1) is 9.68. The molecule has 4 nitrogen and oxygen atoms in total. The molecule has 4 aliphatic heterocycles. The van der Waals surface area contributed by atoms with Crippen LogP contribution in [0.1, 0.15) is 58.8 Å². The number of ether oxygens (including phenoxy) is 2. The third-order valence-electron chi connectivity index (χ3n) is 6.01. The maximum Gasteiger partial charge on any atom is 0.201 e. The molecule has 5 fully saturated rings. The fraction of sp³-hybridized carbons (Fsp3) is 1.00. The molecule has 1 aliphatic carbocycles. The van der Waals surface area contributed by atoms with Gasteiger partial charge >= 0.3 is 0 Å². The Morgan fingerprint density at radius 1 is 1.15 bits per heavy atom. The van der Waals surface area contributed by atoms with Gasteiger partial charge in [0.15, 0.2) is 11.9 Å². The Morgan fingerprint density at radius 2 is 2.05 bits per heavy atom. The maximum atomic E-state index is 6.19. The van der Waals surface area contributed by atoms with E-state index in [1.54, 1.807) is 0 Å². The Morgan fingerprint density at radius 3 is 2.90 bits per heavy atom. The predicted octanol–water partition coefficient (Wildman–Crippen LogP) is 3.40. The summed E-state index contributed by atoms with van der Waals surface area (Å²) in [5.74, 6) is 1.03. The third-order valence-corrected chi connectivity index (χ3v) is 6.01. The van der Waals surface area contributed by atoms with Crippen molar-refractivity contribution in [2.75, 3.05) is 6.61 Å². The van der Waals surface area contributed by atoms with Crippen molar-refractivity contribution in [2.24, 2.45) is 17.8 Å². The van der Waals surface area contributed by atoms with Gasteiger partial charge in [-0.3, -0.25) is 0 Å². The van der Waals surface area contributed by atoms with Crippen LogP contribution < -0.4 is 0 Å². The smallest absolute Gasteiger partial charge is 0.201 e. The van der Waals surface area contributed by atoms with Crippen molar-refractivity contribution in [2.45, 2.75) is 76.5 Å². The average molecular weight is 282 g/mol. The van der Waals surface area contributed by atoms with Crippen molar-refractivity contribution < 1.29 is 19.2 Å². The third kappa shape index (κ3) is 1.75. The average Bonchev–Trinajstić information content (AvgIpc) is 2.67.